The highest BCUT2D eigenvalue weighted by Gasteiger charge is 2.11. The number of rotatable bonds is 9. The van der Waals surface area contributed by atoms with E-state index in [1.165, 1.54) is 43.1 Å². The number of hydrogen-bond donors (Lipinski definition) is 2. The average molecular weight is 426 g/mol. The van der Waals surface area contributed by atoms with E-state index in [0.29, 0.717) is 25.2 Å². The summed E-state index contributed by atoms with van der Waals surface area (Å²) in [5, 5.41) is 6.70. The van der Waals surface area contributed by atoms with Gasteiger partial charge >= 0.3 is 0 Å². The maximum absolute atomic E-state index is 14.0. The molecule has 0 aliphatic carbocycles. The molecule has 168 valence electrons. The molecule has 1 aliphatic rings. The molecule has 0 bridgehead atoms. The van der Waals surface area contributed by atoms with Gasteiger partial charge in [0.25, 0.3) is 0 Å². The lowest BCUT2D eigenvalue weighted by Crippen LogP contribution is -2.36. The van der Waals surface area contributed by atoms with Gasteiger partial charge in [0.1, 0.15) is 5.82 Å². The summed E-state index contributed by atoms with van der Waals surface area (Å²) >= 11 is 0. The van der Waals surface area contributed by atoms with Crippen LogP contribution in [0.3, 0.4) is 0 Å². The SMILES string of the molecule is CCNC(=NCc1ccc(F)c(CN(C)C)c1)NCc1ccc(CN2CCCC2)cc1. The van der Waals surface area contributed by atoms with Crippen LogP contribution in [0.2, 0.25) is 0 Å². The zero-order valence-corrected chi connectivity index (χ0v) is 19.1. The fraction of sp³-hybridized carbons (Fsp3) is 0.480. The third-order valence-corrected chi connectivity index (χ3v) is 5.45. The minimum absolute atomic E-state index is 0.167. The molecule has 0 radical (unpaired) electrons. The Morgan fingerprint density at radius 3 is 2.35 bits per heavy atom. The molecule has 31 heavy (non-hydrogen) atoms. The molecule has 2 aromatic carbocycles. The first-order chi connectivity index (χ1) is 15.0. The zero-order chi connectivity index (χ0) is 22.1. The molecule has 1 aliphatic heterocycles. The number of nitrogens with one attached hydrogen (secondary N) is 2. The first-order valence-electron chi connectivity index (χ1n) is 11.3. The maximum Gasteiger partial charge on any atom is 0.191 e. The van der Waals surface area contributed by atoms with E-state index in [1.807, 2.05) is 25.1 Å². The second kappa shape index (κ2) is 11.8. The topological polar surface area (TPSA) is 42.9 Å². The molecular weight excluding hydrogens is 389 g/mol. The van der Waals surface area contributed by atoms with Gasteiger partial charge in [-0.1, -0.05) is 30.3 Å². The fourth-order valence-corrected chi connectivity index (χ4v) is 3.85. The second-order valence-corrected chi connectivity index (χ2v) is 8.51. The fourth-order valence-electron chi connectivity index (χ4n) is 3.85. The van der Waals surface area contributed by atoms with Crippen LogP contribution >= 0.6 is 0 Å². The molecule has 0 saturated carbocycles. The van der Waals surface area contributed by atoms with Gasteiger partial charge in [0.15, 0.2) is 5.96 Å². The Hall–Kier alpha value is -2.44. The zero-order valence-electron chi connectivity index (χ0n) is 19.1. The molecule has 1 heterocycles. The van der Waals surface area contributed by atoms with Crippen LogP contribution in [-0.2, 0) is 26.2 Å². The van der Waals surface area contributed by atoms with Gasteiger partial charge < -0.3 is 15.5 Å². The van der Waals surface area contributed by atoms with Crippen LogP contribution in [0.25, 0.3) is 0 Å². The lowest BCUT2D eigenvalue weighted by atomic mass is 10.1. The van der Waals surface area contributed by atoms with Gasteiger partial charge in [-0.05, 0) is 75.8 Å². The van der Waals surface area contributed by atoms with E-state index in [9.17, 15) is 4.39 Å². The molecule has 6 heteroatoms. The number of likely N-dealkylation sites (tertiary alicyclic amines) is 1. The highest BCUT2D eigenvalue weighted by atomic mass is 19.1. The number of guanidine groups is 1. The van der Waals surface area contributed by atoms with Crippen molar-refractivity contribution >= 4 is 5.96 Å². The summed E-state index contributed by atoms with van der Waals surface area (Å²) in [7, 11) is 3.88. The van der Waals surface area contributed by atoms with Crippen molar-refractivity contribution in [3.63, 3.8) is 0 Å². The Kier molecular flexibility index (Phi) is 8.85. The Morgan fingerprint density at radius 2 is 1.68 bits per heavy atom. The van der Waals surface area contributed by atoms with Gasteiger partial charge in [-0.2, -0.15) is 0 Å². The molecule has 0 spiro atoms. The minimum atomic E-state index is -0.167. The third kappa shape index (κ3) is 7.64. The summed E-state index contributed by atoms with van der Waals surface area (Å²) < 4.78 is 14.0. The van der Waals surface area contributed by atoms with E-state index >= 15 is 0 Å². The highest BCUT2D eigenvalue weighted by Crippen LogP contribution is 2.14. The predicted octanol–water partition coefficient (Wildman–Crippen LogP) is 3.74. The van der Waals surface area contributed by atoms with E-state index < -0.39 is 0 Å². The van der Waals surface area contributed by atoms with Crippen LogP contribution in [0, 0.1) is 5.82 Å². The van der Waals surface area contributed by atoms with Gasteiger partial charge in [0.2, 0.25) is 0 Å². The van der Waals surface area contributed by atoms with E-state index in [0.717, 1.165) is 24.6 Å². The van der Waals surface area contributed by atoms with Crippen LogP contribution < -0.4 is 10.6 Å². The number of aliphatic imine (C=N–C) groups is 1. The van der Waals surface area contributed by atoms with Gasteiger partial charge in [-0.25, -0.2) is 9.38 Å². The van der Waals surface area contributed by atoms with Gasteiger partial charge in [-0.3, -0.25) is 4.90 Å². The number of benzene rings is 2. The monoisotopic (exact) mass is 425 g/mol. The van der Waals surface area contributed by atoms with Crippen molar-refractivity contribution in [1.82, 2.24) is 20.4 Å². The summed E-state index contributed by atoms with van der Waals surface area (Å²) in [6, 6.07) is 14.1. The predicted molar refractivity (Wildman–Crippen MR) is 126 cm³/mol. The third-order valence-electron chi connectivity index (χ3n) is 5.45. The summed E-state index contributed by atoms with van der Waals surface area (Å²) in [6.45, 7) is 8.12. The molecule has 1 saturated heterocycles. The molecular formula is C25H36FN5. The summed E-state index contributed by atoms with van der Waals surface area (Å²) in [4.78, 5) is 9.17. The number of nitrogens with zero attached hydrogens (tertiary/aromatic N) is 3. The molecule has 3 rings (SSSR count). The van der Waals surface area contributed by atoms with Gasteiger partial charge in [-0.15, -0.1) is 0 Å². The largest absolute Gasteiger partial charge is 0.357 e. The van der Waals surface area contributed by atoms with Crippen LogP contribution in [0.4, 0.5) is 4.39 Å². The summed E-state index contributed by atoms with van der Waals surface area (Å²) in [5.74, 6) is 0.599. The van der Waals surface area contributed by atoms with Crippen molar-refractivity contribution in [3.05, 3.63) is 70.5 Å². The van der Waals surface area contributed by atoms with Crippen molar-refractivity contribution in [2.24, 2.45) is 4.99 Å². The molecule has 2 aromatic rings. The first kappa shape index (κ1) is 23.2. The normalized spacial score (nSPS) is 14.9. The molecule has 2 N–H and O–H groups in total. The summed E-state index contributed by atoms with van der Waals surface area (Å²) in [6.07, 6.45) is 2.65. The molecule has 0 unspecified atom stereocenters. The van der Waals surface area contributed by atoms with Crippen molar-refractivity contribution in [3.8, 4) is 0 Å². The molecule has 1 fully saturated rings. The lowest BCUT2D eigenvalue weighted by Gasteiger charge is -2.15. The van der Waals surface area contributed by atoms with Gasteiger partial charge in [0, 0.05) is 31.7 Å². The van der Waals surface area contributed by atoms with E-state index in [2.05, 4.69) is 51.7 Å². The smallest absolute Gasteiger partial charge is 0.191 e. The van der Waals surface area contributed by atoms with E-state index in [-0.39, 0.29) is 5.82 Å². The quantitative estimate of drug-likeness (QED) is 0.475. The minimum Gasteiger partial charge on any atom is -0.357 e. The van der Waals surface area contributed by atoms with Crippen molar-refractivity contribution < 1.29 is 4.39 Å². The van der Waals surface area contributed by atoms with E-state index in [4.69, 9.17) is 0 Å². The van der Waals surface area contributed by atoms with E-state index in [1.54, 1.807) is 6.07 Å². The first-order valence-corrected chi connectivity index (χ1v) is 11.3. The lowest BCUT2D eigenvalue weighted by molar-refractivity contribution is 0.331. The molecule has 0 amide bonds. The Bertz CT molecular complexity index is 841. The van der Waals surface area contributed by atoms with Crippen LogP contribution in [-0.4, -0.2) is 49.5 Å². The Labute approximate surface area is 186 Å². The van der Waals surface area contributed by atoms with Crippen molar-refractivity contribution in [2.45, 2.75) is 45.9 Å². The summed E-state index contributed by atoms with van der Waals surface area (Å²) in [5.41, 5.74) is 4.30. The molecule has 5 nitrogen and oxygen atoms in total. The van der Waals surface area contributed by atoms with Crippen LogP contribution in [0.15, 0.2) is 47.5 Å². The van der Waals surface area contributed by atoms with Crippen LogP contribution in [0.1, 0.15) is 42.0 Å². The Morgan fingerprint density at radius 1 is 1.00 bits per heavy atom. The van der Waals surface area contributed by atoms with Crippen LogP contribution in [0.5, 0.6) is 0 Å². The van der Waals surface area contributed by atoms with Crippen molar-refractivity contribution in [2.75, 3.05) is 33.7 Å². The average Bonchev–Trinajstić information content (AvgIpc) is 3.26. The molecule has 0 atom stereocenters. The van der Waals surface area contributed by atoms with Crippen molar-refractivity contribution in [1.29, 1.82) is 0 Å². The second-order valence-electron chi connectivity index (χ2n) is 8.51. The number of halogens is 1. The standard InChI is InChI=1S/C25H36FN5/c1-4-27-25(29-17-22-11-12-24(26)23(15-22)19-30(2)3)28-16-20-7-9-21(10-8-20)18-31-13-5-6-14-31/h7-12,15H,4-6,13-14,16-19H2,1-3H3,(H2,27,28,29). The molecule has 0 aromatic heterocycles. The maximum atomic E-state index is 14.0. The van der Waals surface area contributed by atoms with Gasteiger partial charge in [0.05, 0.1) is 6.54 Å². The highest BCUT2D eigenvalue weighted by molar-refractivity contribution is 5.79. The number of hydrogen-bond acceptors (Lipinski definition) is 3. The Balaban J connectivity index is 1.56.